The van der Waals surface area contributed by atoms with Gasteiger partial charge in [0.05, 0.1) is 0 Å². The zero-order chi connectivity index (χ0) is 11.0. The summed E-state index contributed by atoms with van der Waals surface area (Å²) in [6.07, 6.45) is 10.2. The predicted octanol–water partition coefficient (Wildman–Crippen LogP) is 2.90. The van der Waals surface area contributed by atoms with Gasteiger partial charge in [0.2, 0.25) is 0 Å². The van der Waals surface area contributed by atoms with Gasteiger partial charge in [0.25, 0.3) is 0 Å². The fourth-order valence-electron chi connectivity index (χ4n) is 1.39. The van der Waals surface area contributed by atoms with Crippen LogP contribution in [-0.4, -0.2) is 12.1 Å². The highest BCUT2D eigenvalue weighted by Gasteiger charge is 2.09. The lowest BCUT2D eigenvalue weighted by atomic mass is 10.0. The van der Waals surface area contributed by atoms with Crippen LogP contribution in [-0.2, 0) is 0 Å². The van der Waals surface area contributed by atoms with E-state index < -0.39 is 0 Å². The standard InChI is InChI=1S/C13H21N/c1-6-8-9-13(14-11(3)4)10-12(5)7-2/h2,6,11,13-14H,1,5,8-10H2,3-4H3. The van der Waals surface area contributed by atoms with Crippen molar-refractivity contribution in [3.63, 3.8) is 0 Å². The van der Waals surface area contributed by atoms with Gasteiger partial charge in [-0.3, -0.25) is 0 Å². The third-order valence-electron chi connectivity index (χ3n) is 1.99. The Morgan fingerprint density at radius 1 is 1.57 bits per heavy atom. The Morgan fingerprint density at radius 2 is 2.21 bits per heavy atom. The van der Waals surface area contributed by atoms with Gasteiger partial charge < -0.3 is 5.32 Å². The molecular formula is C13H21N. The number of rotatable bonds is 7. The van der Waals surface area contributed by atoms with Crippen molar-refractivity contribution < 1.29 is 0 Å². The first-order valence-electron chi connectivity index (χ1n) is 5.11. The van der Waals surface area contributed by atoms with E-state index >= 15 is 0 Å². The van der Waals surface area contributed by atoms with E-state index in [0.717, 1.165) is 24.8 Å². The molecule has 0 aromatic carbocycles. The SMILES string of the molecule is C#CC(=C)CC(CCC=C)NC(C)C. The minimum Gasteiger partial charge on any atom is -0.311 e. The van der Waals surface area contributed by atoms with Crippen LogP contribution in [0.1, 0.15) is 33.1 Å². The smallest absolute Gasteiger partial charge is 0.0119 e. The first-order valence-corrected chi connectivity index (χ1v) is 5.11. The highest BCUT2D eigenvalue weighted by Crippen LogP contribution is 2.09. The van der Waals surface area contributed by atoms with Gasteiger partial charge in [0.15, 0.2) is 0 Å². The molecule has 78 valence electrons. The zero-order valence-corrected chi connectivity index (χ0v) is 9.34. The molecule has 0 aromatic heterocycles. The Balaban J connectivity index is 4.03. The van der Waals surface area contributed by atoms with Crippen molar-refractivity contribution in [3.8, 4) is 12.3 Å². The Labute approximate surface area is 88.3 Å². The predicted molar refractivity (Wildman–Crippen MR) is 64.1 cm³/mol. The van der Waals surface area contributed by atoms with Crippen molar-refractivity contribution in [1.29, 1.82) is 0 Å². The van der Waals surface area contributed by atoms with Crippen LogP contribution in [0.15, 0.2) is 24.8 Å². The van der Waals surface area contributed by atoms with Gasteiger partial charge in [0, 0.05) is 12.1 Å². The van der Waals surface area contributed by atoms with E-state index in [0.29, 0.717) is 12.1 Å². The van der Waals surface area contributed by atoms with Crippen molar-refractivity contribution in [3.05, 3.63) is 24.8 Å². The summed E-state index contributed by atoms with van der Waals surface area (Å²) in [5, 5.41) is 3.48. The largest absolute Gasteiger partial charge is 0.311 e. The van der Waals surface area contributed by atoms with E-state index in [2.05, 4.69) is 38.2 Å². The summed E-state index contributed by atoms with van der Waals surface area (Å²) in [7, 11) is 0. The maximum Gasteiger partial charge on any atom is 0.0119 e. The number of allylic oxidation sites excluding steroid dienone is 1. The Kier molecular flexibility index (Phi) is 6.88. The lowest BCUT2D eigenvalue weighted by molar-refractivity contribution is 0.440. The van der Waals surface area contributed by atoms with Crippen LogP contribution in [0.4, 0.5) is 0 Å². The fraction of sp³-hybridized carbons (Fsp3) is 0.538. The van der Waals surface area contributed by atoms with Gasteiger partial charge in [-0.15, -0.1) is 13.0 Å². The maximum atomic E-state index is 5.28. The second kappa shape index (κ2) is 7.41. The second-order valence-electron chi connectivity index (χ2n) is 3.84. The van der Waals surface area contributed by atoms with Crippen molar-refractivity contribution in [2.75, 3.05) is 0 Å². The molecule has 0 aliphatic rings. The van der Waals surface area contributed by atoms with Crippen molar-refractivity contribution in [2.45, 2.75) is 45.2 Å². The molecule has 0 heterocycles. The van der Waals surface area contributed by atoms with E-state index in [9.17, 15) is 0 Å². The summed E-state index contributed by atoms with van der Waals surface area (Å²) in [6, 6.07) is 0.909. The average molecular weight is 191 g/mol. The van der Waals surface area contributed by atoms with Crippen LogP contribution in [0.2, 0.25) is 0 Å². The van der Waals surface area contributed by atoms with Crippen LogP contribution in [0, 0.1) is 12.3 Å². The second-order valence-corrected chi connectivity index (χ2v) is 3.84. The number of hydrogen-bond acceptors (Lipinski definition) is 1. The van der Waals surface area contributed by atoms with Gasteiger partial charge in [-0.05, 0) is 24.8 Å². The summed E-state index contributed by atoms with van der Waals surface area (Å²) in [6.45, 7) is 11.8. The van der Waals surface area contributed by atoms with Gasteiger partial charge in [0.1, 0.15) is 0 Å². The molecule has 0 radical (unpaired) electrons. The fourth-order valence-corrected chi connectivity index (χ4v) is 1.39. The monoisotopic (exact) mass is 191 g/mol. The Morgan fingerprint density at radius 3 is 2.64 bits per heavy atom. The molecule has 1 heteroatoms. The molecule has 1 unspecified atom stereocenters. The minimum absolute atomic E-state index is 0.427. The average Bonchev–Trinajstić information content (AvgIpc) is 2.13. The molecule has 14 heavy (non-hydrogen) atoms. The van der Waals surface area contributed by atoms with E-state index in [1.165, 1.54) is 0 Å². The molecular weight excluding hydrogens is 170 g/mol. The third-order valence-corrected chi connectivity index (χ3v) is 1.99. The normalized spacial score (nSPS) is 12.1. The molecule has 0 bridgehead atoms. The zero-order valence-electron chi connectivity index (χ0n) is 9.34. The number of terminal acetylenes is 1. The van der Waals surface area contributed by atoms with Crippen molar-refractivity contribution in [2.24, 2.45) is 0 Å². The molecule has 0 aliphatic carbocycles. The molecule has 1 atom stereocenters. The van der Waals surface area contributed by atoms with Crippen LogP contribution < -0.4 is 5.32 Å². The van der Waals surface area contributed by atoms with E-state index in [1.807, 2.05) is 6.08 Å². The Bertz CT molecular complexity index is 220. The molecule has 1 nitrogen and oxygen atoms in total. The molecule has 0 spiro atoms. The molecule has 0 fully saturated rings. The maximum absolute atomic E-state index is 5.28. The lowest BCUT2D eigenvalue weighted by Crippen LogP contribution is -2.34. The first-order chi connectivity index (χ1) is 6.60. The topological polar surface area (TPSA) is 12.0 Å². The quantitative estimate of drug-likeness (QED) is 0.482. The van der Waals surface area contributed by atoms with Crippen LogP contribution in [0.3, 0.4) is 0 Å². The highest BCUT2D eigenvalue weighted by atomic mass is 14.9. The summed E-state index contributed by atoms with van der Waals surface area (Å²) in [5.74, 6) is 2.58. The molecule has 0 saturated heterocycles. The number of nitrogens with one attached hydrogen (secondary N) is 1. The van der Waals surface area contributed by atoms with E-state index in [1.54, 1.807) is 0 Å². The first kappa shape index (κ1) is 13.0. The van der Waals surface area contributed by atoms with Gasteiger partial charge in [-0.25, -0.2) is 0 Å². The Hall–Kier alpha value is -1.00. The molecule has 0 amide bonds. The number of hydrogen-bond donors (Lipinski definition) is 1. The summed E-state index contributed by atoms with van der Waals surface area (Å²) in [5.41, 5.74) is 0.868. The van der Waals surface area contributed by atoms with Crippen LogP contribution >= 0.6 is 0 Å². The van der Waals surface area contributed by atoms with Gasteiger partial charge in [-0.1, -0.05) is 32.4 Å². The highest BCUT2D eigenvalue weighted by molar-refractivity contribution is 5.22. The van der Waals surface area contributed by atoms with Crippen molar-refractivity contribution >= 4 is 0 Å². The van der Waals surface area contributed by atoms with Crippen LogP contribution in [0.25, 0.3) is 0 Å². The molecule has 0 saturated carbocycles. The molecule has 0 aliphatic heterocycles. The summed E-state index contributed by atoms with van der Waals surface area (Å²) >= 11 is 0. The lowest BCUT2D eigenvalue weighted by Gasteiger charge is -2.20. The van der Waals surface area contributed by atoms with E-state index in [4.69, 9.17) is 6.42 Å². The summed E-state index contributed by atoms with van der Waals surface area (Å²) < 4.78 is 0. The van der Waals surface area contributed by atoms with Gasteiger partial charge in [-0.2, -0.15) is 0 Å². The third kappa shape index (κ3) is 6.51. The molecule has 0 aromatic rings. The van der Waals surface area contributed by atoms with Gasteiger partial charge >= 0.3 is 0 Å². The van der Waals surface area contributed by atoms with E-state index in [-0.39, 0.29) is 0 Å². The molecule has 1 N–H and O–H groups in total. The minimum atomic E-state index is 0.427. The van der Waals surface area contributed by atoms with Crippen LogP contribution in [0.5, 0.6) is 0 Å². The summed E-state index contributed by atoms with van der Waals surface area (Å²) in [4.78, 5) is 0. The van der Waals surface area contributed by atoms with Crippen molar-refractivity contribution in [1.82, 2.24) is 5.32 Å². The molecule has 0 rings (SSSR count).